The molecule has 0 saturated heterocycles. The topological polar surface area (TPSA) is 46.8 Å². The first-order valence-electron chi connectivity index (χ1n) is 6.37. The fourth-order valence-electron chi connectivity index (χ4n) is 2.12. The molecule has 0 spiro atoms. The van der Waals surface area contributed by atoms with E-state index in [1.807, 2.05) is 28.8 Å². The predicted molar refractivity (Wildman–Crippen MR) is 74.9 cm³/mol. The Morgan fingerprint density at radius 3 is 2.89 bits per heavy atom. The van der Waals surface area contributed by atoms with Crippen LogP contribution in [0, 0.1) is 0 Å². The maximum atomic E-state index is 11.4. The first-order chi connectivity index (χ1) is 9.19. The second kappa shape index (κ2) is 5.84. The fraction of sp³-hybridized carbons (Fsp3) is 0.429. The van der Waals surface area contributed by atoms with Gasteiger partial charge in [-0.1, -0.05) is 6.07 Å². The largest absolute Gasteiger partial charge is 0.383 e. The van der Waals surface area contributed by atoms with Crippen molar-refractivity contribution in [3.63, 3.8) is 0 Å². The van der Waals surface area contributed by atoms with Crippen molar-refractivity contribution in [1.29, 1.82) is 0 Å². The highest BCUT2D eigenvalue weighted by molar-refractivity contribution is 5.83. The van der Waals surface area contributed by atoms with Gasteiger partial charge in [0.1, 0.15) is 11.3 Å². The van der Waals surface area contributed by atoms with Crippen LogP contribution in [0.4, 0.5) is 5.82 Å². The van der Waals surface area contributed by atoms with E-state index in [0.29, 0.717) is 24.7 Å². The summed E-state index contributed by atoms with van der Waals surface area (Å²) in [6, 6.07) is 5.94. The highest BCUT2D eigenvalue weighted by Crippen LogP contribution is 2.22. The molecule has 2 heterocycles. The second-order valence-electron chi connectivity index (χ2n) is 4.65. The smallest absolute Gasteiger partial charge is 0.170 e. The summed E-state index contributed by atoms with van der Waals surface area (Å²) in [4.78, 5) is 18.0. The maximum absolute atomic E-state index is 11.4. The molecule has 0 aliphatic carbocycles. The van der Waals surface area contributed by atoms with E-state index in [0.717, 1.165) is 11.9 Å². The minimum absolute atomic E-state index is 0.249. The number of hydrogen-bond acceptors (Lipinski definition) is 4. The highest BCUT2D eigenvalue weighted by atomic mass is 16.5. The van der Waals surface area contributed by atoms with E-state index in [1.54, 1.807) is 7.11 Å². The van der Waals surface area contributed by atoms with Crippen molar-refractivity contribution in [3.8, 4) is 0 Å². The van der Waals surface area contributed by atoms with Gasteiger partial charge in [-0.3, -0.25) is 9.20 Å². The Morgan fingerprint density at radius 1 is 1.47 bits per heavy atom. The van der Waals surface area contributed by atoms with Crippen LogP contribution in [0.25, 0.3) is 5.65 Å². The van der Waals surface area contributed by atoms with Gasteiger partial charge in [-0.15, -0.1) is 0 Å². The summed E-state index contributed by atoms with van der Waals surface area (Å²) in [7, 11) is 1.67. The number of pyridine rings is 1. The Balaban J connectivity index is 2.49. The number of aldehydes is 1. The van der Waals surface area contributed by atoms with Gasteiger partial charge < -0.3 is 9.64 Å². The standard InChI is InChI=1S/C14H19N3O2/c1-11(2)16(8-9-19-3)14-12(10-18)17-7-5-4-6-13(17)15-14/h4-7,10-11H,8-9H2,1-3H3. The first kappa shape index (κ1) is 13.5. The van der Waals surface area contributed by atoms with Crippen LogP contribution in [0.5, 0.6) is 0 Å². The number of methoxy groups -OCH3 is 1. The normalized spacial score (nSPS) is 11.2. The van der Waals surface area contributed by atoms with E-state index in [-0.39, 0.29) is 6.04 Å². The molecule has 0 radical (unpaired) electrons. The van der Waals surface area contributed by atoms with E-state index >= 15 is 0 Å². The molecule has 5 nitrogen and oxygen atoms in total. The highest BCUT2D eigenvalue weighted by Gasteiger charge is 2.19. The molecule has 2 aromatic heterocycles. The summed E-state index contributed by atoms with van der Waals surface area (Å²) in [5.41, 5.74) is 1.36. The Hall–Kier alpha value is -1.88. The molecule has 19 heavy (non-hydrogen) atoms. The predicted octanol–water partition coefficient (Wildman–Crippen LogP) is 2.01. The van der Waals surface area contributed by atoms with Gasteiger partial charge in [0.2, 0.25) is 0 Å². The Kier molecular flexibility index (Phi) is 4.16. The number of anilines is 1. The van der Waals surface area contributed by atoms with Crippen molar-refractivity contribution in [2.75, 3.05) is 25.2 Å². The summed E-state index contributed by atoms with van der Waals surface area (Å²) in [5.74, 6) is 0.716. The summed E-state index contributed by atoms with van der Waals surface area (Å²) in [6.07, 6.45) is 2.71. The molecule has 0 atom stereocenters. The molecule has 0 unspecified atom stereocenters. The van der Waals surface area contributed by atoms with Crippen molar-refractivity contribution in [1.82, 2.24) is 9.38 Å². The minimum atomic E-state index is 0.249. The average Bonchev–Trinajstić information content (AvgIpc) is 2.77. The van der Waals surface area contributed by atoms with Gasteiger partial charge in [0.05, 0.1) is 6.61 Å². The van der Waals surface area contributed by atoms with Gasteiger partial charge in [-0.05, 0) is 26.0 Å². The summed E-state index contributed by atoms with van der Waals surface area (Å²) in [5, 5.41) is 0. The molecular formula is C14H19N3O2. The molecule has 0 aliphatic heterocycles. The minimum Gasteiger partial charge on any atom is -0.383 e. The van der Waals surface area contributed by atoms with Crippen LogP contribution in [0.15, 0.2) is 24.4 Å². The Bertz CT molecular complexity index is 563. The van der Waals surface area contributed by atoms with Crippen LogP contribution in [0.2, 0.25) is 0 Å². The molecule has 0 fully saturated rings. The lowest BCUT2D eigenvalue weighted by molar-refractivity contribution is 0.111. The second-order valence-corrected chi connectivity index (χ2v) is 4.65. The third kappa shape index (κ3) is 2.61. The van der Waals surface area contributed by atoms with Crippen LogP contribution in [-0.4, -0.2) is 42.0 Å². The Labute approximate surface area is 112 Å². The number of ether oxygens (including phenoxy) is 1. The number of hydrogen-bond donors (Lipinski definition) is 0. The lowest BCUT2D eigenvalue weighted by atomic mass is 10.3. The quantitative estimate of drug-likeness (QED) is 0.746. The van der Waals surface area contributed by atoms with Gasteiger partial charge in [0.25, 0.3) is 0 Å². The SMILES string of the molecule is COCCN(c1nc2ccccn2c1C=O)C(C)C. The number of carbonyl (C=O) groups excluding carboxylic acids is 1. The van der Waals surface area contributed by atoms with E-state index in [2.05, 4.69) is 23.7 Å². The van der Waals surface area contributed by atoms with Gasteiger partial charge in [-0.25, -0.2) is 4.98 Å². The van der Waals surface area contributed by atoms with Crippen molar-refractivity contribution in [2.24, 2.45) is 0 Å². The zero-order valence-electron chi connectivity index (χ0n) is 11.5. The van der Waals surface area contributed by atoms with Gasteiger partial charge >= 0.3 is 0 Å². The van der Waals surface area contributed by atoms with Gasteiger partial charge in [-0.2, -0.15) is 0 Å². The zero-order chi connectivity index (χ0) is 13.8. The van der Waals surface area contributed by atoms with Crippen LogP contribution < -0.4 is 4.90 Å². The fourth-order valence-corrected chi connectivity index (χ4v) is 2.12. The van der Waals surface area contributed by atoms with Crippen molar-refractivity contribution in [2.45, 2.75) is 19.9 Å². The molecule has 0 N–H and O–H groups in total. The van der Waals surface area contributed by atoms with E-state index in [9.17, 15) is 4.79 Å². The molecule has 0 amide bonds. The number of fused-ring (bicyclic) bond motifs is 1. The molecule has 0 aliphatic rings. The molecule has 0 bridgehead atoms. The Morgan fingerprint density at radius 2 is 2.26 bits per heavy atom. The molecular weight excluding hydrogens is 242 g/mol. The molecule has 2 aromatic rings. The van der Waals surface area contributed by atoms with Crippen LogP contribution >= 0.6 is 0 Å². The molecule has 0 saturated carbocycles. The summed E-state index contributed by atoms with van der Waals surface area (Å²) < 4.78 is 6.94. The number of rotatable bonds is 6. The zero-order valence-corrected chi connectivity index (χ0v) is 11.5. The van der Waals surface area contributed by atoms with Crippen LogP contribution in [-0.2, 0) is 4.74 Å². The molecule has 0 aromatic carbocycles. The number of imidazole rings is 1. The number of nitrogens with zero attached hydrogens (tertiary/aromatic N) is 3. The summed E-state index contributed by atoms with van der Waals surface area (Å²) in [6.45, 7) is 5.46. The third-order valence-electron chi connectivity index (χ3n) is 3.09. The van der Waals surface area contributed by atoms with E-state index < -0.39 is 0 Å². The maximum Gasteiger partial charge on any atom is 0.170 e. The van der Waals surface area contributed by atoms with Gasteiger partial charge in [0, 0.05) is 25.9 Å². The first-order valence-corrected chi connectivity index (χ1v) is 6.37. The summed E-state index contributed by atoms with van der Waals surface area (Å²) >= 11 is 0. The lowest BCUT2D eigenvalue weighted by Gasteiger charge is -2.26. The van der Waals surface area contributed by atoms with E-state index in [1.165, 1.54) is 0 Å². The van der Waals surface area contributed by atoms with Crippen molar-refractivity contribution < 1.29 is 9.53 Å². The van der Waals surface area contributed by atoms with Crippen molar-refractivity contribution >= 4 is 17.8 Å². The van der Waals surface area contributed by atoms with Crippen LogP contribution in [0.3, 0.4) is 0 Å². The molecule has 2 rings (SSSR count). The molecule has 5 heteroatoms. The lowest BCUT2D eigenvalue weighted by Crippen LogP contribution is -2.34. The average molecular weight is 261 g/mol. The monoisotopic (exact) mass is 261 g/mol. The third-order valence-corrected chi connectivity index (χ3v) is 3.09. The molecule has 102 valence electrons. The van der Waals surface area contributed by atoms with Crippen molar-refractivity contribution in [3.05, 3.63) is 30.1 Å². The van der Waals surface area contributed by atoms with E-state index in [4.69, 9.17) is 4.74 Å². The number of carbonyl (C=O) groups is 1. The van der Waals surface area contributed by atoms with Crippen LogP contribution in [0.1, 0.15) is 24.3 Å². The number of aromatic nitrogens is 2. The van der Waals surface area contributed by atoms with Gasteiger partial charge in [0.15, 0.2) is 12.1 Å².